The molecular formula is C19H19N5O3. The molecule has 0 unspecified atom stereocenters. The van der Waals surface area contributed by atoms with Gasteiger partial charge >= 0.3 is 0 Å². The molecule has 8 nitrogen and oxygen atoms in total. The van der Waals surface area contributed by atoms with Crippen molar-refractivity contribution in [2.75, 3.05) is 0 Å². The number of aliphatic hydroxyl groups excluding tert-OH is 1. The molecule has 0 bridgehead atoms. The van der Waals surface area contributed by atoms with Gasteiger partial charge in [-0.05, 0) is 6.92 Å². The maximum atomic E-state index is 13.0. The van der Waals surface area contributed by atoms with E-state index in [9.17, 15) is 9.90 Å². The van der Waals surface area contributed by atoms with Gasteiger partial charge in [-0.1, -0.05) is 41.9 Å². The third-order valence-corrected chi connectivity index (χ3v) is 4.47. The Morgan fingerprint density at radius 1 is 1.19 bits per heavy atom. The van der Waals surface area contributed by atoms with Crippen LogP contribution in [0.5, 0.6) is 0 Å². The predicted octanol–water partition coefficient (Wildman–Crippen LogP) is 1.96. The Balaban J connectivity index is 1.82. The summed E-state index contributed by atoms with van der Waals surface area (Å²) in [6.07, 6.45) is 3.96. The first-order valence-electron chi connectivity index (χ1n) is 8.70. The van der Waals surface area contributed by atoms with Gasteiger partial charge in [-0.15, -0.1) is 0 Å². The first kappa shape index (κ1) is 17.2. The number of hydrogen-bond donors (Lipinski definition) is 1. The number of aromatic nitrogens is 5. The van der Waals surface area contributed by atoms with E-state index in [4.69, 9.17) is 4.52 Å². The Hall–Kier alpha value is -3.26. The van der Waals surface area contributed by atoms with E-state index >= 15 is 0 Å². The van der Waals surface area contributed by atoms with Crippen molar-refractivity contribution < 1.29 is 9.63 Å². The Bertz CT molecular complexity index is 1150. The number of hydrogen-bond acceptors (Lipinski definition) is 6. The van der Waals surface area contributed by atoms with Crippen LogP contribution in [0, 0.1) is 6.92 Å². The first-order chi connectivity index (χ1) is 13.1. The highest BCUT2D eigenvalue weighted by molar-refractivity contribution is 5.72. The highest BCUT2D eigenvalue weighted by atomic mass is 16.5. The molecule has 27 heavy (non-hydrogen) atoms. The van der Waals surface area contributed by atoms with Gasteiger partial charge in [0.25, 0.3) is 5.56 Å². The highest BCUT2D eigenvalue weighted by Crippen LogP contribution is 2.25. The average molecular weight is 365 g/mol. The van der Waals surface area contributed by atoms with Crippen molar-refractivity contribution in [3.05, 3.63) is 69.9 Å². The lowest BCUT2D eigenvalue weighted by molar-refractivity contribution is 0.283. The summed E-state index contributed by atoms with van der Waals surface area (Å²) in [7, 11) is 0. The smallest absolute Gasteiger partial charge is 0.277 e. The fourth-order valence-corrected chi connectivity index (χ4v) is 3.02. The van der Waals surface area contributed by atoms with Gasteiger partial charge < -0.3 is 14.2 Å². The second kappa shape index (κ2) is 6.81. The van der Waals surface area contributed by atoms with Crippen LogP contribution in [0.1, 0.15) is 29.8 Å². The van der Waals surface area contributed by atoms with Crippen molar-refractivity contribution in [1.82, 2.24) is 24.3 Å². The quantitative estimate of drug-likeness (QED) is 0.580. The number of benzene rings is 1. The molecule has 0 fully saturated rings. The van der Waals surface area contributed by atoms with Gasteiger partial charge in [0, 0.05) is 29.9 Å². The lowest BCUT2D eigenvalue weighted by atomic mass is 10.1. The molecule has 1 N–H and O–H groups in total. The maximum Gasteiger partial charge on any atom is 0.277 e. The molecule has 4 aromatic rings. The van der Waals surface area contributed by atoms with Crippen LogP contribution in [0.15, 0.2) is 46.0 Å². The number of aliphatic hydroxyl groups is 1. The zero-order chi connectivity index (χ0) is 19.0. The fraction of sp³-hybridized carbons (Fsp3) is 0.263. The Morgan fingerprint density at radius 3 is 2.63 bits per heavy atom. The monoisotopic (exact) mass is 365 g/mol. The molecule has 0 spiro atoms. The normalized spacial score (nSPS) is 11.4. The molecule has 0 aliphatic rings. The van der Waals surface area contributed by atoms with Crippen molar-refractivity contribution in [1.29, 1.82) is 0 Å². The van der Waals surface area contributed by atoms with Gasteiger partial charge in [-0.25, -0.2) is 4.52 Å². The van der Waals surface area contributed by atoms with Gasteiger partial charge in [0.15, 0.2) is 5.82 Å². The van der Waals surface area contributed by atoms with E-state index in [0.29, 0.717) is 34.9 Å². The summed E-state index contributed by atoms with van der Waals surface area (Å²) in [5.74, 6) is 0.961. The predicted molar refractivity (Wildman–Crippen MR) is 98.3 cm³/mol. The molecule has 138 valence electrons. The summed E-state index contributed by atoms with van der Waals surface area (Å²) in [6.45, 7) is 3.83. The van der Waals surface area contributed by atoms with Crippen LogP contribution in [0.3, 0.4) is 0 Å². The highest BCUT2D eigenvalue weighted by Gasteiger charge is 2.18. The summed E-state index contributed by atoms with van der Waals surface area (Å²) in [6, 6.07) is 7.81. The molecule has 0 saturated heterocycles. The van der Waals surface area contributed by atoms with E-state index in [1.165, 1.54) is 9.08 Å². The molecule has 8 heteroatoms. The summed E-state index contributed by atoms with van der Waals surface area (Å²) >= 11 is 0. The lowest BCUT2D eigenvalue weighted by Gasteiger charge is -2.03. The van der Waals surface area contributed by atoms with Crippen molar-refractivity contribution in [2.24, 2.45) is 0 Å². The number of rotatable bonds is 5. The molecule has 0 aliphatic carbocycles. The molecule has 0 amide bonds. The standard InChI is InChI=1S/C19H19N5O3/c1-3-16-20-15(22-27-16)10-23-8-9-24-18(19(23)26)14(11-25)17(21-24)13-6-4-12(2)5-7-13/h4-9,25H,3,10-11H2,1-2H3. The summed E-state index contributed by atoms with van der Waals surface area (Å²) < 4.78 is 8.09. The average Bonchev–Trinajstić information content (AvgIpc) is 3.29. The number of aryl methyl sites for hydroxylation is 2. The Kier molecular flexibility index (Phi) is 4.33. The second-order valence-corrected chi connectivity index (χ2v) is 6.33. The van der Waals surface area contributed by atoms with Crippen molar-refractivity contribution in [2.45, 2.75) is 33.4 Å². The molecule has 0 saturated carbocycles. The van der Waals surface area contributed by atoms with Crippen LogP contribution in [-0.2, 0) is 19.6 Å². The van der Waals surface area contributed by atoms with E-state index in [2.05, 4.69) is 15.2 Å². The molecule has 3 aromatic heterocycles. The third-order valence-electron chi connectivity index (χ3n) is 4.47. The Morgan fingerprint density at radius 2 is 1.96 bits per heavy atom. The summed E-state index contributed by atoms with van der Waals surface area (Å²) in [5.41, 5.74) is 3.15. The van der Waals surface area contributed by atoms with E-state index in [0.717, 1.165) is 11.1 Å². The van der Waals surface area contributed by atoms with Crippen molar-refractivity contribution >= 4 is 5.52 Å². The van der Waals surface area contributed by atoms with E-state index < -0.39 is 0 Å². The van der Waals surface area contributed by atoms with Gasteiger partial charge in [0.05, 0.1) is 18.8 Å². The van der Waals surface area contributed by atoms with Crippen LogP contribution in [0.2, 0.25) is 0 Å². The molecule has 3 heterocycles. The molecule has 1 aromatic carbocycles. The van der Waals surface area contributed by atoms with Crippen LogP contribution in [0.4, 0.5) is 0 Å². The van der Waals surface area contributed by atoms with Gasteiger partial charge in [-0.2, -0.15) is 10.1 Å². The summed E-state index contributed by atoms with van der Waals surface area (Å²) in [5, 5.41) is 18.3. The molecule has 0 aliphatic heterocycles. The van der Waals surface area contributed by atoms with E-state index in [-0.39, 0.29) is 18.7 Å². The zero-order valence-corrected chi connectivity index (χ0v) is 15.1. The van der Waals surface area contributed by atoms with E-state index in [1.54, 1.807) is 12.4 Å². The first-order valence-corrected chi connectivity index (χ1v) is 8.70. The van der Waals surface area contributed by atoms with Crippen LogP contribution >= 0.6 is 0 Å². The zero-order valence-electron chi connectivity index (χ0n) is 15.1. The van der Waals surface area contributed by atoms with Crippen LogP contribution < -0.4 is 5.56 Å². The van der Waals surface area contributed by atoms with E-state index in [1.807, 2.05) is 38.1 Å². The largest absolute Gasteiger partial charge is 0.392 e. The van der Waals surface area contributed by atoms with Crippen molar-refractivity contribution in [3.63, 3.8) is 0 Å². The lowest BCUT2D eigenvalue weighted by Crippen LogP contribution is -2.23. The number of nitrogens with zero attached hydrogens (tertiary/aromatic N) is 5. The maximum absolute atomic E-state index is 13.0. The molecule has 4 rings (SSSR count). The third kappa shape index (κ3) is 3.04. The Labute approximate surface area is 154 Å². The minimum atomic E-state index is -0.284. The minimum absolute atomic E-state index is 0.189. The molecular weight excluding hydrogens is 346 g/mol. The molecule has 0 radical (unpaired) electrons. The fourth-order valence-electron chi connectivity index (χ4n) is 3.02. The topological polar surface area (TPSA) is 98.5 Å². The van der Waals surface area contributed by atoms with Gasteiger partial charge in [-0.3, -0.25) is 4.79 Å². The van der Waals surface area contributed by atoms with Crippen LogP contribution in [0.25, 0.3) is 16.8 Å². The van der Waals surface area contributed by atoms with Gasteiger partial charge in [0.1, 0.15) is 5.52 Å². The number of fused-ring (bicyclic) bond motifs is 1. The summed E-state index contributed by atoms with van der Waals surface area (Å²) in [4.78, 5) is 17.2. The second-order valence-electron chi connectivity index (χ2n) is 6.33. The SMILES string of the molecule is CCc1nc(Cn2ccn3nc(-c4ccc(C)cc4)c(CO)c3c2=O)no1. The molecule has 0 atom stereocenters. The van der Waals surface area contributed by atoms with Crippen LogP contribution in [-0.4, -0.2) is 29.4 Å². The minimum Gasteiger partial charge on any atom is -0.392 e. The van der Waals surface area contributed by atoms with Crippen molar-refractivity contribution in [3.8, 4) is 11.3 Å². The van der Waals surface area contributed by atoms with Gasteiger partial charge in [0.2, 0.25) is 5.89 Å².